The summed E-state index contributed by atoms with van der Waals surface area (Å²) in [6, 6.07) is 7.49. The maximum atomic E-state index is 12.4. The van der Waals surface area contributed by atoms with E-state index in [0.29, 0.717) is 10.7 Å². The van der Waals surface area contributed by atoms with Crippen LogP contribution in [0.25, 0.3) is 15.2 Å². The number of benzene rings is 1. The lowest BCUT2D eigenvalue weighted by molar-refractivity contribution is -0.136. The van der Waals surface area contributed by atoms with Crippen LogP contribution >= 0.6 is 23.7 Å². The third kappa shape index (κ3) is 2.17. The lowest BCUT2D eigenvalue weighted by Crippen LogP contribution is -2.22. The van der Waals surface area contributed by atoms with Crippen LogP contribution in [0.3, 0.4) is 0 Å². The van der Waals surface area contributed by atoms with Crippen LogP contribution in [0.5, 0.6) is 0 Å². The van der Waals surface area contributed by atoms with Gasteiger partial charge in [0.15, 0.2) is 4.96 Å². The highest BCUT2D eigenvalue weighted by Gasteiger charge is 2.15. The lowest BCUT2D eigenvalue weighted by Gasteiger charge is -2.02. The summed E-state index contributed by atoms with van der Waals surface area (Å²) in [7, 11) is 0. The number of aryl methyl sites for hydroxylation is 1. The Bertz CT molecular complexity index is 869. The number of carboxylic acid groups (broad SMARTS) is 1. The van der Waals surface area contributed by atoms with Gasteiger partial charge >= 0.3 is 5.97 Å². The zero-order chi connectivity index (χ0) is 13.6. The van der Waals surface area contributed by atoms with Crippen molar-refractivity contribution in [3.8, 4) is 0 Å². The first-order chi connectivity index (χ1) is 9.08. The molecule has 104 valence electrons. The van der Waals surface area contributed by atoms with Gasteiger partial charge in [-0.15, -0.1) is 12.4 Å². The van der Waals surface area contributed by atoms with E-state index in [-0.39, 0.29) is 30.0 Å². The van der Waals surface area contributed by atoms with E-state index in [1.807, 2.05) is 24.3 Å². The Labute approximate surface area is 123 Å². The third-order valence-electron chi connectivity index (χ3n) is 2.99. The van der Waals surface area contributed by atoms with Crippen molar-refractivity contribution in [3.63, 3.8) is 0 Å². The molecule has 0 unspecified atom stereocenters. The van der Waals surface area contributed by atoms with Crippen LogP contribution in [0.1, 0.15) is 11.3 Å². The molecule has 0 radical (unpaired) electrons. The van der Waals surface area contributed by atoms with Gasteiger partial charge in [0.25, 0.3) is 5.56 Å². The van der Waals surface area contributed by atoms with Crippen LogP contribution in [0.2, 0.25) is 0 Å². The van der Waals surface area contributed by atoms with E-state index >= 15 is 0 Å². The molecule has 2 aromatic heterocycles. The SMILES string of the molecule is Cc1nc2sc3ccccc3n2c(=O)c1CC(=O)O.Cl. The molecule has 0 fully saturated rings. The van der Waals surface area contributed by atoms with Crippen molar-refractivity contribution in [2.75, 3.05) is 0 Å². The minimum absolute atomic E-state index is 0. The summed E-state index contributed by atoms with van der Waals surface area (Å²) in [6.07, 6.45) is -0.301. The molecule has 5 nitrogen and oxygen atoms in total. The number of carboxylic acids is 1. The summed E-state index contributed by atoms with van der Waals surface area (Å²) in [5.41, 5.74) is 1.21. The van der Waals surface area contributed by atoms with E-state index in [2.05, 4.69) is 4.98 Å². The van der Waals surface area contributed by atoms with Crippen LogP contribution < -0.4 is 5.56 Å². The summed E-state index contributed by atoms with van der Waals surface area (Å²) in [5, 5.41) is 8.88. The average Bonchev–Trinajstić information content (AvgIpc) is 2.72. The molecule has 0 saturated carbocycles. The largest absolute Gasteiger partial charge is 0.481 e. The minimum atomic E-state index is -1.03. The van der Waals surface area contributed by atoms with Crippen molar-refractivity contribution in [1.82, 2.24) is 9.38 Å². The molecule has 1 aromatic carbocycles. The van der Waals surface area contributed by atoms with Gasteiger partial charge in [-0.3, -0.25) is 14.0 Å². The maximum absolute atomic E-state index is 12.4. The van der Waals surface area contributed by atoms with Crippen LogP contribution in [-0.2, 0) is 11.2 Å². The number of hydrogen-bond donors (Lipinski definition) is 1. The number of aliphatic carboxylic acids is 1. The normalized spacial score (nSPS) is 10.7. The van der Waals surface area contributed by atoms with Crippen molar-refractivity contribution >= 4 is 44.9 Å². The van der Waals surface area contributed by atoms with Crippen LogP contribution in [-0.4, -0.2) is 20.5 Å². The number of nitrogens with zero attached hydrogens (tertiary/aromatic N) is 2. The fourth-order valence-electron chi connectivity index (χ4n) is 2.10. The Hall–Kier alpha value is -1.92. The van der Waals surface area contributed by atoms with E-state index in [0.717, 1.165) is 10.2 Å². The van der Waals surface area contributed by atoms with Crippen molar-refractivity contribution in [1.29, 1.82) is 0 Å². The Kier molecular flexibility index (Phi) is 3.78. The molecule has 0 amide bonds. The van der Waals surface area contributed by atoms with Crippen LogP contribution in [0.4, 0.5) is 0 Å². The van der Waals surface area contributed by atoms with E-state index in [1.165, 1.54) is 15.7 Å². The first-order valence-corrected chi connectivity index (χ1v) is 6.51. The highest BCUT2D eigenvalue weighted by atomic mass is 35.5. The monoisotopic (exact) mass is 310 g/mol. The van der Waals surface area contributed by atoms with Crippen LogP contribution in [0.15, 0.2) is 29.1 Å². The number of aromatic nitrogens is 2. The van der Waals surface area contributed by atoms with Gasteiger partial charge in [-0.25, -0.2) is 4.98 Å². The molecule has 7 heteroatoms. The van der Waals surface area contributed by atoms with E-state index in [1.54, 1.807) is 6.92 Å². The van der Waals surface area contributed by atoms with Gasteiger partial charge in [-0.2, -0.15) is 0 Å². The van der Waals surface area contributed by atoms with E-state index in [9.17, 15) is 9.59 Å². The summed E-state index contributed by atoms with van der Waals surface area (Å²) < 4.78 is 2.45. The zero-order valence-corrected chi connectivity index (χ0v) is 12.1. The van der Waals surface area contributed by atoms with Crippen molar-refractivity contribution < 1.29 is 9.90 Å². The van der Waals surface area contributed by atoms with Crippen molar-refractivity contribution in [2.45, 2.75) is 13.3 Å². The van der Waals surface area contributed by atoms with Gasteiger partial charge in [-0.1, -0.05) is 23.5 Å². The van der Waals surface area contributed by atoms with Gasteiger partial charge in [0.1, 0.15) is 0 Å². The number of hydrogen-bond acceptors (Lipinski definition) is 4. The maximum Gasteiger partial charge on any atom is 0.308 e. The molecule has 20 heavy (non-hydrogen) atoms. The second-order valence-corrected chi connectivity index (χ2v) is 5.25. The predicted octanol–water partition coefficient (Wildman–Crippen LogP) is 2.27. The number of thiazole rings is 1. The molecule has 0 aliphatic rings. The molecule has 0 bridgehead atoms. The Balaban J connectivity index is 0.00000147. The number of halogens is 1. The Morgan fingerprint density at radius 3 is 2.80 bits per heavy atom. The molecule has 0 atom stereocenters. The number of rotatable bonds is 2. The molecule has 2 heterocycles. The molecule has 0 aliphatic heterocycles. The molecule has 3 rings (SSSR count). The van der Waals surface area contributed by atoms with Crippen molar-refractivity contribution in [2.24, 2.45) is 0 Å². The molecule has 0 aliphatic carbocycles. The minimum Gasteiger partial charge on any atom is -0.481 e. The Morgan fingerprint density at radius 2 is 2.10 bits per heavy atom. The van der Waals surface area contributed by atoms with E-state index in [4.69, 9.17) is 5.11 Å². The smallest absolute Gasteiger partial charge is 0.308 e. The number of carbonyl (C=O) groups is 1. The van der Waals surface area contributed by atoms with Gasteiger partial charge in [0.2, 0.25) is 0 Å². The second-order valence-electron chi connectivity index (χ2n) is 4.24. The topological polar surface area (TPSA) is 71.7 Å². The van der Waals surface area contributed by atoms with Gasteiger partial charge < -0.3 is 5.11 Å². The van der Waals surface area contributed by atoms with E-state index < -0.39 is 5.97 Å². The van der Waals surface area contributed by atoms with Crippen molar-refractivity contribution in [3.05, 3.63) is 45.9 Å². The molecular formula is C13H11ClN2O3S. The molecular weight excluding hydrogens is 300 g/mol. The summed E-state index contributed by atoms with van der Waals surface area (Å²) in [5.74, 6) is -1.03. The standard InChI is InChI=1S/C13H10N2O3S.ClH/c1-7-8(6-11(16)17)12(18)15-9-4-2-3-5-10(9)19-13(15)14-7;/h2-5H,6H2,1H3,(H,16,17);1H. The first kappa shape index (κ1) is 14.5. The lowest BCUT2D eigenvalue weighted by atomic mass is 10.2. The quantitative estimate of drug-likeness (QED) is 0.788. The van der Waals surface area contributed by atoms with Gasteiger partial charge in [-0.05, 0) is 19.1 Å². The fraction of sp³-hybridized carbons (Fsp3) is 0.154. The average molecular weight is 311 g/mol. The second kappa shape index (κ2) is 5.22. The highest BCUT2D eigenvalue weighted by molar-refractivity contribution is 7.23. The summed E-state index contributed by atoms with van der Waals surface area (Å²) in [6.45, 7) is 1.67. The number of fused-ring (bicyclic) bond motifs is 3. The zero-order valence-electron chi connectivity index (χ0n) is 10.5. The van der Waals surface area contributed by atoms with Crippen LogP contribution in [0, 0.1) is 6.92 Å². The molecule has 0 spiro atoms. The summed E-state index contributed by atoms with van der Waals surface area (Å²) in [4.78, 5) is 28.2. The molecule has 0 saturated heterocycles. The molecule has 3 aromatic rings. The fourth-order valence-corrected chi connectivity index (χ4v) is 3.16. The van der Waals surface area contributed by atoms with Gasteiger partial charge in [0.05, 0.1) is 22.2 Å². The molecule has 1 N–H and O–H groups in total. The first-order valence-electron chi connectivity index (χ1n) is 5.69. The number of para-hydroxylation sites is 1. The Morgan fingerprint density at radius 1 is 1.40 bits per heavy atom. The highest BCUT2D eigenvalue weighted by Crippen LogP contribution is 2.24. The summed E-state index contributed by atoms with van der Waals surface area (Å²) >= 11 is 1.42. The third-order valence-corrected chi connectivity index (χ3v) is 4.01. The van der Waals surface area contributed by atoms with Gasteiger partial charge in [0, 0.05) is 5.69 Å². The predicted molar refractivity (Wildman–Crippen MR) is 80.2 cm³/mol.